The van der Waals surface area contributed by atoms with Gasteiger partial charge in [0.1, 0.15) is 12.4 Å². The minimum atomic E-state index is -0.0892. The van der Waals surface area contributed by atoms with E-state index in [0.29, 0.717) is 24.5 Å². The SMILES string of the molecule is Cc1ccc(SCCNC(=O)c2cccc(OCc3cscn3)c2)cc1. The summed E-state index contributed by atoms with van der Waals surface area (Å²) in [4.78, 5) is 17.7. The molecule has 0 fully saturated rings. The van der Waals surface area contributed by atoms with Crippen molar-refractivity contribution in [1.82, 2.24) is 10.3 Å². The van der Waals surface area contributed by atoms with Crippen molar-refractivity contribution in [3.63, 3.8) is 0 Å². The first kappa shape index (κ1) is 18.5. The van der Waals surface area contributed by atoms with Gasteiger partial charge >= 0.3 is 0 Å². The number of benzene rings is 2. The number of thiazole rings is 1. The number of nitrogens with zero attached hydrogens (tertiary/aromatic N) is 1. The van der Waals surface area contributed by atoms with Gasteiger partial charge in [0.05, 0.1) is 11.2 Å². The van der Waals surface area contributed by atoms with E-state index in [1.807, 2.05) is 17.5 Å². The fourth-order valence-corrected chi connectivity index (χ4v) is 3.57. The van der Waals surface area contributed by atoms with Crippen molar-refractivity contribution < 1.29 is 9.53 Å². The molecule has 2 aromatic carbocycles. The van der Waals surface area contributed by atoms with Gasteiger partial charge in [-0.15, -0.1) is 23.1 Å². The van der Waals surface area contributed by atoms with E-state index >= 15 is 0 Å². The van der Waals surface area contributed by atoms with Crippen LogP contribution in [0.1, 0.15) is 21.6 Å². The van der Waals surface area contributed by atoms with Crippen molar-refractivity contribution in [1.29, 1.82) is 0 Å². The number of aromatic nitrogens is 1. The van der Waals surface area contributed by atoms with Crippen molar-refractivity contribution in [2.75, 3.05) is 12.3 Å². The van der Waals surface area contributed by atoms with Gasteiger partial charge in [-0.25, -0.2) is 4.98 Å². The van der Waals surface area contributed by atoms with Crippen molar-refractivity contribution in [2.45, 2.75) is 18.4 Å². The van der Waals surface area contributed by atoms with E-state index in [1.165, 1.54) is 21.8 Å². The molecule has 0 aliphatic heterocycles. The zero-order chi connectivity index (χ0) is 18.2. The summed E-state index contributed by atoms with van der Waals surface area (Å²) in [5.74, 6) is 1.41. The number of rotatable bonds is 8. The van der Waals surface area contributed by atoms with Gasteiger partial charge in [-0.2, -0.15) is 0 Å². The van der Waals surface area contributed by atoms with E-state index in [9.17, 15) is 4.79 Å². The van der Waals surface area contributed by atoms with Crippen LogP contribution in [0.2, 0.25) is 0 Å². The number of ether oxygens (including phenoxy) is 1. The summed E-state index contributed by atoms with van der Waals surface area (Å²) >= 11 is 3.27. The third-order valence-corrected chi connectivity index (χ3v) is 5.29. The molecule has 3 rings (SSSR count). The predicted octanol–water partition coefficient (Wildman–Crippen LogP) is 4.55. The molecule has 0 saturated carbocycles. The molecule has 0 bridgehead atoms. The Kier molecular flexibility index (Phi) is 6.68. The van der Waals surface area contributed by atoms with Gasteiger partial charge in [-0.05, 0) is 37.3 Å². The molecule has 0 unspecified atom stereocenters. The molecular weight excluding hydrogens is 364 g/mol. The Morgan fingerprint density at radius 1 is 1.23 bits per heavy atom. The molecule has 1 heterocycles. The van der Waals surface area contributed by atoms with Gasteiger partial charge < -0.3 is 10.1 Å². The van der Waals surface area contributed by atoms with Crippen LogP contribution in [0.3, 0.4) is 0 Å². The van der Waals surface area contributed by atoms with Crippen LogP contribution in [0.4, 0.5) is 0 Å². The molecule has 3 aromatic rings. The third-order valence-electron chi connectivity index (χ3n) is 3.64. The lowest BCUT2D eigenvalue weighted by molar-refractivity contribution is 0.0955. The average molecular weight is 385 g/mol. The fourth-order valence-electron chi connectivity index (χ4n) is 2.26. The van der Waals surface area contributed by atoms with E-state index in [0.717, 1.165) is 11.4 Å². The Balaban J connectivity index is 1.45. The lowest BCUT2D eigenvalue weighted by atomic mass is 10.2. The van der Waals surface area contributed by atoms with Crippen LogP contribution in [-0.2, 0) is 6.61 Å². The van der Waals surface area contributed by atoms with Crippen LogP contribution < -0.4 is 10.1 Å². The second kappa shape index (κ2) is 9.40. The normalized spacial score (nSPS) is 10.5. The van der Waals surface area contributed by atoms with Gasteiger partial charge in [-0.3, -0.25) is 4.79 Å². The highest BCUT2D eigenvalue weighted by Gasteiger charge is 2.07. The molecular formula is C20H20N2O2S2. The highest BCUT2D eigenvalue weighted by molar-refractivity contribution is 7.99. The van der Waals surface area contributed by atoms with Crippen LogP contribution in [0, 0.1) is 6.92 Å². The maximum atomic E-state index is 12.3. The Morgan fingerprint density at radius 3 is 2.85 bits per heavy atom. The smallest absolute Gasteiger partial charge is 0.251 e. The lowest BCUT2D eigenvalue weighted by Gasteiger charge is -2.08. The average Bonchev–Trinajstić information content (AvgIpc) is 3.19. The third kappa shape index (κ3) is 5.61. The summed E-state index contributed by atoms with van der Waals surface area (Å²) in [5.41, 5.74) is 4.51. The molecule has 0 radical (unpaired) electrons. The Hall–Kier alpha value is -2.31. The first-order valence-corrected chi connectivity index (χ1v) is 10.2. The lowest BCUT2D eigenvalue weighted by Crippen LogP contribution is -2.25. The first-order valence-electron chi connectivity index (χ1n) is 8.28. The number of carbonyl (C=O) groups excluding carboxylic acids is 1. The number of amides is 1. The number of nitrogens with one attached hydrogen (secondary N) is 1. The van der Waals surface area contributed by atoms with Gasteiger partial charge in [0, 0.05) is 28.1 Å². The summed E-state index contributed by atoms with van der Waals surface area (Å²) in [6.45, 7) is 3.09. The second-order valence-electron chi connectivity index (χ2n) is 5.71. The quantitative estimate of drug-likeness (QED) is 0.457. The summed E-state index contributed by atoms with van der Waals surface area (Å²) in [7, 11) is 0. The molecule has 0 atom stereocenters. The summed E-state index contributed by atoms with van der Waals surface area (Å²) in [6.07, 6.45) is 0. The van der Waals surface area contributed by atoms with E-state index in [4.69, 9.17) is 4.74 Å². The van der Waals surface area contributed by atoms with Gasteiger partial charge in [0.15, 0.2) is 0 Å². The van der Waals surface area contributed by atoms with Gasteiger partial charge in [0.25, 0.3) is 5.91 Å². The Bertz CT molecular complexity index is 833. The van der Waals surface area contributed by atoms with Crippen molar-refractivity contribution in [3.8, 4) is 5.75 Å². The van der Waals surface area contributed by atoms with Gasteiger partial charge in [-0.1, -0.05) is 23.8 Å². The molecule has 0 aliphatic carbocycles. The second-order valence-corrected chi connectivity index (χ2v) is 7.60. The van der Waals surface area contributed by atoms with E-state index in [-0.39, 0.29) is 5.91 Å². The monoisotopic (exact) mass is 384 g/mol. The van der Waals surface area contributed by atoms with Crippen LogP contribution >= 0.6 is 23.1 Å². The molecule has 134 valence electrons. The largest absolute Gasteiger partial charge is 0.487 e. The van der Waals surface area contributed by atoms with Crippen molar-refractivity contribution in [2.24, 2.45) is 0 Å². The molecule has 1 amide bonds. The number of aryl methyl sites for hydroxylation is 1. The molecule has 0 saturated heterocycles. The molecule has 26 heavy (non-hydrogen) atoms. The summed E-state index contributed by atoms with van der Waals surface area (Å²) in [6, 6.07) is 15.6. The zero-order valence-corrected chi connectivity index (χ0v) is 16.1. The minimum Gasteiger partial charge on any atom is -0.487 e. The number of hydrogen-bond acceptors (Lipinski definition) is 5. The Labute approximate surface area is 161 Å². The van der Waals surface area contributed by atoms with E-state index in [2.05, 4.69) is 41.5 Å². The van der Waals surface area contributed by atoms with Crippen LogP contribution in [0.25, 0.3) is 0 Å². The summed E-state index contributed by atoms with van der Waals surface area (Å²) < 4.78 is 5.69. The fraction of sp³-hybridized carbons (Fsp3) is 0.200. The molecule has 6 heteroatoms. The Morgan fingerprint density at radius 2 is 2.08 bits per heavy atom. The summed E-state index contributed by atoms with van der Waals surface area (Å²) in [5, 5.41) is 4.90. The molecule has 1 aromatic heterocycles. The van der Waals surface area contributed by atoms with Crippen molar-refractivity contribution >= 4 is 29.0 Å². The van der Waals surface area contributed by atoms with Crippen LogP contribution in [0.15, 0.2) is 64.3 Å². The predicted molar refractivity (Wildman–Crippen MR) is 107 cm³/mol. The molecule has 0 spiro atoms. The highest BCUT2D eigenvalue weighted by Crippen LogP contribution is 2.18. The highest BCUT2D eigenvalue weighted by atomic mass is 32.2. The van der Waals surface area contributed by atoms with E-state index < -0.39 is 0 Å². The standard InChI is InChI=1S/C20H20N2O2S2/c1-15-5-7-19(8-6-15)26-10-9-21-20(23)16-3-2-4-18(11-16)24-12-17-13-25-14-22-17/h2-8,11,13-14H,9-10,12H2,1H3,(H,21,23). The van der Waals surface area contributed by atoms with Crippen molar-refractivity contribution in [3.05, 3.63) is 76.2 Å². The molecule has 4 nitrogen and oxygen atoms in total. The van der Waals surface area contributed by atoms with Crippen LogP contribution in [-0.4, -0.2) is 23.2 Å². The maximum Gasteiger partial charge on any atom is 0.251 e. The molecule has 0 aliphatic rings. The first-order chi connectivity index (χ1) is 12.7. The maximum absolute atomic E-state index is 12.3. The molecule has 1 N–H and O–H groups in total. The number of thioether (sulfide) groups is 1. The van der Waals surface area contributed by atoms with Crippen LogP contribution in [0.5, 0.6) is 5.75 Å². The van der Waals surface area contributed by atoms with Gasteiger partial charge in [0.2, 0.25) is 0 Å². The number of carbonyl (C=O) groups is 1. The zero-order valence-electron chi connectivity index (χ0n) is 14.5. The van der Waals surface area contributed by atoms with E-state index in [1.54, 1.807) is 29.4 Å². The topological polar surface area (TPSA) is 51.2 Å². The minimum absolute atomic E-state index is 0.0892. The number of hydrogen-bond donors (Lipinski definition) is 1.